The molecule has 0 bridgehead atoms. The van der Waals surface area contributed by atoms with Gasteiger partial charge in [-0.15, -0.1) is 11.6 Å². The molecule has 0 unspecified atom stereocenters. The van der Waals surface area contributed by atoms with Gasteiger partial charge in [0.1, 0.15) is 11.4 Å². The number of ether oxygens (including phenoxy) is 1. The van der Waals surface area contributed by atoms with Gasteiger partial charge in [0.15, 0.2) is 0 Å². The van der Waals surface area contributed by atoms with E-state index >= 15 is 0 Å². The smallest absolute Gasteiger partial charge is 0.296 e. The number of nitrogens with one attached hydrogen (secondary N) is 1. The van der Waals surface area contributed by atoms with Gasteiger partial charge in [-0.2, -0.15) is 0 Å². The Morgan fingerprint density at radius 1 is 1.26 bits per heavy atom. The van der Waals surface area contributed by atoms with E-state index in [9.17, 15) is 14.9 Å². The molecule has 6 nitrogen and oxygen atoms in total. The summed E-state index contributed by atoms with van der Waals surface area (Å²) in [5, 5.41) is 13.7. The number of alkyl halides is 1. The summed E-state index contributed by atoms with van der Waals surface area (Å²) in [6.45, 7) is 2.18. The van der Waals surface area contributed by atoms with Crippen LogP contribution in [0.2, 0.25) is 0 Å². The minimum atomic E-state index is -0.561. The average Bonchev–Trinajstić information content (AvgIpc) is 2.56. The number of amides is 1. The van der Waals surface area contributed by atoms with Crippen molar-refractivity contribution in [1.29, 1.82) is 0 Å². The highest BCUT2D eigenvalue weighted by molar-refractivity contribution is 6.17. The molecule has 0 radical (unpaired) electrons. The SMILES string of the molecule is CCOc1ccc(NC(=O)c2ccc(CCl)cc2)c([N+](=O)[O-])c1. The van der Waals surface area contributed by atoms with Crippen LogP contribution in [-0.2, 0) is 5.88 Å². The summed E-state index contributed by atoms with van der Waals surface area (Å²) in [4.78, 5) is 22.8. The molecule has 120 valence electrons. The number of hydrogen-bond acceptors (Lipinski definition) is 4. The average molecular weight is 335 g/mol. The van der Waals surface area contributed by atoms with Gasteiger partial charge < -0.3 is 10.1 Å². The number of hydrogen-bond donors (Lipinski definition) is 1. The minimum Gasteiger partial charge on any atom is -0.494 e. The van der Waals surface area contributed by atoms with Crippen molar-refractivity contribution in [3.63, 3.8) is 0 Å². The van der Waals surface area contributed by atoms with Crippen molar-refractivity contribution >= 4 is 28.9 Å². The zero-order valence-corrected chi connectivity index (χ0v) is 13.2. The van der Waals surface area contributed by atoms with E-state index in [0.717, 1.165) is 5.56 Å². The van der Waals surface area contributed by atoms with Crippen LogP contribution in [0.3, 0.4) is 0 Å². The van der Waals surface area contributed by atoms with Gasteiger partial charge in [-0.3, -0.25) is 14.9 Å². The first-order chi connectivity index (χ1) is 11.0. The summed E-state index contributed by atoms with van der Waals surface area (Å²) in [7, 11) is 0. The first kappa shape index (κ1) is 16.8. The van der Waals surface area contributed by atoms with Crippen molar-refractivity contribution in [1.82, 2.24) is 0 Å². The highest BCUT2D eigenvalue weighted by Gasteiger charge is 2.18. The topological polar surface area (TPSA) is 81.5 Å². The van der Waals surface area contributed by atoms with Crippen molar-refractivity contribution in [3.05, 3.63) is 63.7 Å². The fourth-order valence-electron chi connectivity index (χ4n) is 1.96. The molecule has 0 saturated heterocycles. The van der Waals surface area contributed by atoms with Crippen molar-refractivity contribution in [2.24, 2.45) is 0 Å². The van der Waals surface area contributed by atoms with Crippen molar-refractivity contribution in [2.45, 2.75) is 12.8 Å². The van der Waals surface area contributed by atoms with E-state index in [1.54, 1.807) is 37.3 Å². The van der Waals surface area contributed by atoms with Crippen molar-refractivity contribution in [2.75, 3.05) is 11.9 Å². The Hall–Kier alpha value is -2.60. The second kappa shape index (κ2) is 7.60. The lowest BCUT2D eigenvalue weighted by Crippen LogP contribution is -2.13. The summed E-state index contributed by atoms with van der Waals surface area (Å²) in [5.41, 5.74) is 1.17. The van der Waals surface area contributed by atoms with Crippen LogP contribution in [0.15, 0.2) is 42.5 Å². The van der Waals surface area contributed by atoms with E-state index < -0.39 is 10.8 Å². The second-order valence-electron chi connectivity index (χ2n) is 4.65. The summed E-state index contributed by atoms with van der Waals surface area (Å²) in [6, 6.07) is 11.0. The van der Waals surface area contributed by atoms with Crippen molar-refractivity contribution < 1.29 is 14.5 Å². The number of carbonyl (C=O) groups is 1. The summed E-state index contributed by atoms with van der Waals surface area (Å²) in [6.07, 6.45) is 0. The molecule has 23 heavy (non-hydrogen) atoms. The highest BCUT2D eigenvalue weighted by Crippen LogP contribution is 2.29. The molecule has 0 atom stereocenters. The molecule has 2 rings (SSSR count). The molecular formula is C16H15ClN2O4. The maximum Gasteiger partial charge on any atom is 0.296 e. The van der Waals surface area contributed by atoms with E-state index in [2.05, 4.69) is 5.32 Å². The molecule has 2 aromatic carbocycles. The number of carbonyl (C=O) groups excluding carboxylic acids is 1. The summed E-state index contributed by atoms with van der Waals surface area (Å²) in [5.74, 6) is 0.300. The largest absolute Gasteiger partial charge is 0.494 e. The molecule has 0 spiro atoms. The number of nitro benzene ring substituents is 1. The molecule has 2 aromatic rings. The predicted octanol–water partition coefficient (Wildman–Crippen LogP) is 3.98. The molecule has 7 heteroatoms. The Bertz CT molecular complexity index is 717. The highest BCUT2D eigenvalue weighted by atomic mass is 35.5. The predicted molar refractivity (Wildman–Crippen MR) is 88.2 cm³/mol. The van der Waals surface area contributed by atoms with E-state index in [0.29, 0.717) is 23.8 Å². The maximum atomic E-state index is 12.2. The summed E-state index contributed by atoms with van der Waals surface area (Å²) >= 11 is 5.70. The Morgan fingerprint density at radius 2 is 1.96 bits per heavy atom. The zero-order chi connectivity index (χ0) is 16.8. The van der Waals surface area contributed by atoms with Crippen LogP contribution in [0.25, 0.3) is 0 Å². The lowest BCUT2D eigenvalue weighted by Gasteiger charge is -2.08. The molecule has 0 aliphatic heterocycles. The number of rotatable bonds is 6. The maximum absolute atomic E-state index is 12.2. The lowest BCUT2D eigenvalue weighted by atomic mass is 10.1. The van der Waals surface area contributed by atoms with E-state index in [-0.39, 0.29) is 11.4 Å². The molecule has 0 heterocycles. The van der Waals surface area contributed by atoms with Gasteiger partial charge in [0.25, 0.3) is 11.6 Å². The molecule has 0 saturated carbocycles. The van der Waals surface area contributed by atoms with Gasteiger partial charge in [-0.05, 0) is 36.8 Å². The standard InChI is InChI=1S/C16H15ClN2O4/c1-2-23-13-7-8-14(15(9-13)19(21)22)18-16(20)12-5-3-11(10-17)4-6-12/h3-9H,2,10H2,1H3,(H,18,20). The summed E-state index contributed by atoms with van der Waals surface area (Å²) < 4.78 is 5.24. The molecule has 1 amide bonds. The Balaban J connectivity index is 2.23. The fraction of sp³-hybridized carbons (Fsp3) is 0.188. The molecule has 1 N–H and O–H groups in total. The Morgan fingerprint density at radius 3 is 2.52 bits per heavy atom. The zero-order valence-electron chi connectivity index (χ0n) is 12.4. The van der Waals surface area contributed by atoms with E-state index in [4.69, 9.17) is 16.3 Å². The van der Waals surface area contributed by atoms with Crippen LogP contribution in [0, 0.1) is 10.1 Å². The van der Waals surface area contributed by atoms with Gasteiger partial charge in [0.2, 0.25) is 0 Å². The van der Waals surface area contributed by atoms with Gasteiger partial charge in [0, 0.05) is 11.4 Å². The molecule has 0 aromatic heterocycles. The van der Waals surface area contributed by atoms with Crippen LogP contribution >= 0.6 is 11.6 Å². The Labute approximate surface area is 138 Å². The number of anilines is 1. The number of nitro groups is 1. The van der Waals surface area contributed by atoms with Crippen LogP contribution in [0.5, 0.6) is 5.75 Å². The van der Waals surface area contributed by atoms with Crippen LogP contribution < -0.4 is 10.1 Å². The third-order valence-corrected chi connectivity index (χ3v) is 3.40. The fourth-order valence-corrected chi connectivity index (χ4v) is 2.14. The monoisotopic (exact) mass is 334 g/mol. The third-order valence-electron chi connectivity index (χ3n) is 3.10. The number of halogens is 1. The van der Waals surface area contributed by atoms with Gasteiger partial charge in [-0.25, -0.2) is 0 Å². The van der Waals surface area contributed by atoms with Crippen LogP contribution in [0.4, 0.5) is 11.4 Å². The molecule has 0 aliphatic carbocycles. The van der Waals surface area contributed by atoms with Crippen LogP contribution in [0.1, 0.15) is 22.8 Å². The minimum absolute atomic E-state index is 0.116. The van der Waals surface area contributed by atoms with Crippen LogP contribution in [-0.4, -0.2) is 17.4 Å². The number of benzene rings is 2. The van der Waals surface area contributed by atoms with Crippen molar-refractivity contribution in [3.8, 4) is 5.75 Å². The Kier molecular flexibility index (Phi) is 5.54. The van der Waals surface area contributed by atoms with Gasteiger partial charge >= 0.3 is 0 Å². The van der Waals surface area contributed by atoms with Gasteiger partial charge in [0.05, 0.1) is 17.6 Å². The normalized spacial score (nSPS) is 10.2. The third kappa shape index (κ3) is 4.20. The van der Waals surface area contributed by atoms with E-state index in [1.165, 1.54) is 12.1 Å². The first-order valence-corrected chi connectivity index (χ1v) is 7.46. The molecule has 0 fully saturated rings. The lowest BCUT2D eigenvalue weighted by molar-refractivity contribution is -0.384. The van der Waals surface area contributed by atoms with Gasteiger partial charge in [-0.1, -0.05) is 12.1 Å². The van der Waals surface area contributed by atoms with E-state index in [1.807, 2.05) is 0 Å². The first-order valence-electron chi connectivity index (χ1n) is 6.92. The quantitative estimate of drug-likeness (QED) is 0.492. The molecule has 0 aliphatic rings. The second-order valence-corrected chi connectivity index (χ2v) is 4.92. The molecular weight excluding hydrogens is 320 g/mol. The number of nitrogens with zero attached hydrogens (tertiary/aromatic N) is 1.